The smallest absolute Gasteiger partial charge is 0.283 e. The van der Waals surface area contributed by atoms with Crippen molar-refractivity contribution in [1.82, 2.24) is 0 Å². The Kier molecular flexibility index (Phi) is 38.2. The van der Waals surface area contributed by atoms with Gasteiger partial charge in [-0.15, -0.1) is 0 Å². The maximum absolute atomic E-state index is 6.56. The highest BCUT2D eigenvalue weighted by Gasteiger charge is 2.56. The third kappa shape index (κ3) is 20.5. The van der Waals surface area contributed by atoms with E-state index in [0.29, 0.717) is 6.42 Å². The summed E-state index contributed by atoms with van der Waals surface area (Å²) in [4.78, 5) is 0. The lowest BCUT2D eigenvalue weighted by Crippen LogP contribution is -2.66. The number of ether oxygens (including phenoxy) is 12. The standard InChI is InChI=1S/C47H66B18O30.H2/c1-4-22-35(86-56)40(91-61)37(88-58)28(76-22)10-67-5-18-23(13-72-48)77-27(36(87-57)31(18)82-52)9-68-6-19-25(15-74-50)80-46(43(94-64)33(19)84-54)71-12-30-39(90-60)41(92-62)38(89-59)29(78-30)11-69-7-21-26(16-75-51)81-47(2,44(95-65)34(21)85-55)17-70-8-20-24(14-73-49)79-45(66-3)42(93-63)32(20)83-53;/h18-46H,4-17H2,1-3H3;1H. The van der Waals surface area contributed by atoms with Crippen LogP contribution < -0.4 is 0 Å². The van der Waals surface area contributed by atoms with Crippen LogP contribution in [0, 0.1) is 23.7 Å². The van der Waals surface area contributed by atoms with E-state index < -0.39 is 189 Å². The van der Waals surface area contributed by atoms with E-state index in [9.17, 15) is 0 Å². The molecule has 6 rings (SSSR count). The van der Waals surface area contributed by atoms with Crippen LogP contribution in [0.5, 0.6) is 0 Å². The lowest BCUT2D eigenvalue weighted by atomic mass is 9.80. The molecule has 95 heavy (non-hydrogen) atoms. The Balaban J connectivity index is 0.0000167. The molecule has 490 valence electrons. The van der Waals surface area contributed by atoms with Crippen molar-refractivity contribution in [2.24, 2.45) is 23.7 Å². The number of rotatable bonds is 43. The van der Waals surface area contributed by atoms with Crippen molar-refractivity contribution >= 4 is 145 Å². The van der Waals surface area contributed by atoms with E-state index in [1.165, 1.54) is 7.11 Å². The predicted molar refractivity (Wildman–Crippen MR) is 335 cm³/mol. The van der Waals surface area contributed by atoms with E-state index in [4.69, 9.17) is 286 Å². The molecule has 6 fully saturated rings. The zero-order valence-electron chi connectivity index (χ0n) is 52.8. The molecule has 6 aliphatic rings. The molecule has 0 N–H and O–H groups in total. The van der Waals surface area contributed by atoms with Gasteiger partial charge in [0.15, 0.2) is 12.6 Å². The Bertz CT molecular complexity index is 2090. The summed E-state index contributed by atoms with van der Waals surface area (Å²) < 4.78 is 169. The molecule has 0 aromatic heterocycles. The third-order valence-electron chi connectivity index (χ3n) is 18.0. The maximum atomic E-state index is 6.56. The molecule has 0 spiro atoms. The first-order valence-electron chi connectivity index (χ1n) is 29.8. The van der Waals surface area contributed by atoms with Gasteiger partial charge in [-0.25, -0.2) is 0 Å². The highest BCUT2D eigenvalue weighted by Crippen LogP contribution is 2.40. The van der Waals surface area contributed by atoms with E-state index in [-0.39, 0.29) is 80.7 Å². The van der Waals surface area contributed by atoms with Gasteiger partial charge in [0.25, 0.3) is 145 Å². The van der Waals surface area contributed by atoms with Crippen molar-refractivity contribution in [1.29, 1.82) is 0 Å². The van der Waals surface area contributed by atoms with Crippen LogP contribution in [0.15, 0.2) is 0 Å². The van der Waals surface area contributed by atoms with E-state index in [1.807, 2.05) is 6.92 Å². The molecule has 30 unspecified atom stereocenters. The Labute approximate surface area is 580 Å². The summed E-state index contributed by atoms with van der Waals surface area (Å²) in [6.07, 6.45) is -25.4. The molecule has 36 radical (unpaired) electrons. The molecule has 0 bridgehead atoms. The fourth-order valence-electron chi connectivity index (χ4n) is 13.3. The zero-order chi connectivity index (χ0) is 69.4. The van der Waals surface area contributed by atoms with Gasteiger partial charge >= 0.3 is 0 Å². The van der Waals surface area contributed by atoms with Crippen LogP contribution in [-0.2, 0) is 141 Å². The molecule has 6 heterocycles. The minimum absolute atomic E-state index is 0. The van der Waals surface area contributed by atoms with E-state index in [1.54, 1.807) is 6.92 Å². The molecular weight excluding hydrogens is 1240 g/mol. The molecule has 0 aliphatic carbocycles. The summed E-state index contributed by atoms with van der Waals surface area (Å²) in [5.74, 6) is -3.14. The summed E-state index contributed by atoms with van der Waals surface area (Å²) in [6, 6.07) is 0. The van der Waals surface area contributed by atoms with Crippen LogP contribution in [0.4, 0.5) is 0 Å². The second-order valence-electron chi connectivity index (χ2n) is 23.2. The third-order valence-corrected chi connectivity index (χ3v) is 18.0. The van der Waals surface area contributed by atoms with Crippen molar-refractivity contribution in [2.75, 3.05) is 93.0 Å². The first-order valence-corrected chi connectivity index (χ1v) is 29.8. The van der Waals surface area contributed by atoms with Crippen LogP contribution in [0.25, 0.3) is 0 Å². The Morgan fingerprint density at radius 2 is 0.611 bits per heavy atom. The van der Waals surface area contributed by atoms with Gasteiger partial charge < -0.3 is 141 Å². The normalized spacial score (nSPS) is 41.8. The second-order valence-corrected chi connectivity index (χ2v) is 23.2. The Hall–Kier alpha value is -0.0312. The minimum atomic E-state index is -1.43. The molecule has 6 saturated heterocycles. The van der Waals surface area contributed by atoms with Crippen molar-refractivity contribution in [3.05, 3.63) is 0 Å². The molecule has 30 nitrogen and oxygen atoms in total. The summed E-state index contributed by atoms with van der Waals surface area (Å²) in [6.45, 7) is 0.624. The van der Waals surface area contributed by atoms with Crippen molar-refractivity contribution in [3.63, 3.8) is 0 Å². The molecule has 48 heteroatoms. The first-order chi connectivity index (χ1) is 46.1. The highest BCUT2D eigenvalue weighted by atomic mass is 16.7. The van der Waals surface area contributed by atoms with Gasteiger partial charge in [-0.3, -0.25) is 0 Å². The maximum Gasteiger partial charge on any atom is 0.283 e. The second kappa shape index (κ2) is 43.3. The first kappa shape index (κ1) is 83.9. The quantitative estimate of drug-likeness (QED) is 0.0513. The summed E-state index contributed by atoms with van der Waals surface area (Å²) in [5, 5.41) is 0. The van der Waals surface area contributed by atoms with Crippen molar-refractivity contribution < 1.29 is 142 Å². The Morgan fingerprint density at radius 1 is 0.295 bits per heavy atom. The number of hydrogen-bond acceptors (Lipinski definition) is 30. The Morgan fingerprint density at radius 3 is 1.00 bits per heavy atom. The molecule has 0 amide bonds. The molecular formula is C47H68B18O30. The lowest BCUT2D eigenvalue weighted by Gasteiger charge is -2.52. The van der Waals surface area contributed by atoms with Gasteiger partial charge in [0.1, 0.15) is 42.2 Å². The fourth-order valence-corrected chi connectivity index (χ4v) is 13.3. The topological polar surface area (TPSA) is 277 Å². The van der Waals surface area contributed by atoms with Gasteiger partial charge in [0.2, 0.25) is 0 Å². The zero-order valence-corrected chi connectivity index (χ0v) is 52.8. The van der Waals surface area contributed by atoms with Crippen molar-refractivity contribution in [2.45, 2.75) is 179 Å². The molecule has 30 atom stereocenters. The summed E-state index contributed by atoms with van der Waals surface area (Å²) >= 11 is 0. The molecule has 0 aromatic rings. The van der Waals surface area contributed by atoms with E-state index in [0.717, 1.165) is 0 Å². The summed E-state index contributed by atoms with van der Waals surface area (Å²) in [7, 11) is 105. The predicted octanol–water partition coefficient (Wildman–Crippen LogP) is -8.29. The summed E-state index contributed by atoms with van der Waals surface area (Å²) in [5.41, 5.74) is -1.43. The van der Waals surface area contributed by atoms with Crippen LogP contribution in [0.2, 0.25) is 0 Å². The van der Waals surface area contributed by atoms with E-state index in [2.05, 4.69) is 0 Å². The minimum Gasteiger partial charge on any atom is -0.445 e. The van der Waals surface area contributed by atoms with Crippen molar-refractivity contribution in [3.8, 4) is 0 Å². The number of methoxy groups -OCH3 is 1. The van der Waals surface area contributed by atoms with Gasteiger partial charge in [-0.2, -0.15) is 0 Å². The lowest BCUT2D eigenvalue weighted by molar-refractivity contribution is -0.300. The van der Waals surface area contributed by atoms with Crippen LogP contribution in [-0.4, -0.2) is 396 Å². The fraction of sp³-hybridized carbons (Fsp3) is 1.00. The molecule has 6 aliphatic heterocycles. The SMILES string of the molecule is [B]OCC1OC(COCC2C(CO[B])OC(OCC3OC(COCC4C(CO[B])OC(C)(COCC5C(CO[B])OC(OC)C(O[B])C5O[B])C(O[B])C4O[B])C(O[B])C(O[B])C3O[B])C(O[B])C2O[B])C(O[B])C(O[B])C1COCC1OC(CC)C(O[B])C(O[B])C1O[B].[HH]. The highest BCUT2D eigenvalue weighted by molar-refractivity contribution is 6.02. The monoisotopic (exact) mass is 1310 g/mol. The van der Waals surface area contributed by atoms with Gasteiger partial charge in [0, 0.05) is 32.2 Å². The van der Waals surface area contributed by atoms with Crippen LogP contribution in [0.1, 0.15) is 21.7 Å². The largest absolute Gasteiger partial charge is 0.445 e. The average Bonchev–Trinajstić information content (AvgIpc) is 0.778. The average molecular weight is 1310 g/mol. The molecule has 0 aromatic carbocycles. The van der Waals surface area contributed by atoms with E-state index >= 15 is 0 Å². The molecule has 0 saturated carbocycles. The van der Waals surface area contributed by atoms with Gasteiger partial charge in [0.05, 0.1) is 190 Å². The van der Waals surface area contributed by atoms with Crippen LogP contribution in [0.3, 0.4) is 0 Å². The van der Waals surface area contributed by atoms with Gasteiger partial charge in [-0.05, 0) is 13.3 Å². The number of hydrogen-bond donors (Lipinski definition) is 0. The van der Waals surface area contributed by atoms with Crippen LogP contribution >= 0.6 is 0 Å². The van der Waals surface area contributed by atoms with Gasteiger partial charge in [-0.1, -0.05) is 6.92 Å².